The van der Waals surface area contributed by atoms with Crippen LogP contribution in [0.5, 0.6) is 0 Å². The minimum Gasteiger partial charge on any atom is -0.368 e. The van der Waals surface area contributed by atoms with Crippen LogP contribution in [0.1, 0.15) is 50.3 Å². The molecule has 1 aliphatic heterocycles. The number of hydrogen-bond donors (Lipinski definition) is 1. The molecule has 1 heterocycles. The molecule has 3 heteroatoms. The Balaban J connectivity index is 1.91. The van der Waals surface area contributed by atoms with Crippen molar-refractivity contribution in [3.8, 4) is 0 Å². The number of rotatable bonds is 5. The summed E-state index contributed by atoms with van der Waals surface area (Å²) in [5.74, 6) is 0.0163. The molecule has 1 amide bonds. The number of ether oxygens (including phenoxy) is 1. The molecule has 19 heavy (non-hydrogen) atoms. The lowest BCUT2D eigenvalue weighted by Crippen LogP contribution is -2.35. The van der Waals surface area contributed by atoms with E-state index in [1.165, 1.54) is 5.56 Å². The fourth-order valence-electron chi connectivity index (χ4n) is 2.44. The van der Waals surface area contributed by atoms with Gasteiger partial charge in [-0.25, -0.2) is 0 Å². The van der Waals surface area contributed by atoms with E-state index in [9.17, 15) is 4.79 Å². The van der Waals surface area contributed by atoms with E-state index in [0.29, 0.717) is 6.61 Å². The zero-order valence-electron chi connectivity index (χ0n) is 11.8. The Morgan fingerprint density at radius 2 is 2.16 bits per heavy atom. The fraction of sp³-hybridized carbons (Fsp3) is 0.562. The summed E-state index contributed by atoms with van der Waals surface area (Å²) in [7, 11) is 0. The van der Waals surface area contributed by atoms with E-state index in [1.54, 1.807) is 0 Å². The maximum Gasteiger partial charge on any atom is 0.249 e. The molecule has 2 atom stereocenters. The van der Waals surface area contributed by atoms with Crippen LogP contribution in [-0.4, -0.2) is 18.6 Å². The highest BCUT2D eigenvalue weighted by Crippen LogP contribution is 2.17. The third kappa shape index (κ3) is 3.80. The first-order valence-electron chi connectivity index (χ1n) is 7.21. The molecule has 1 aliphatic rings. The van der Waals surface area contributed by atoms with Gasteiger partial charge in [0.15, 0.2) is 0 Å². The first-order chi connectivity index (χ1) is 9.20. The number of carbonyl (C=O) groups is 1. The van der Waals surface area contributed by atoms with Crippen LogP contribution in [-0.2, 0) is 16.0 Å². The molecule has 1 aromatic rings. The van der Waals surface area contributed by atoms with Crippen LogP contribution in [0.15, 0.2) is 24.3 Å². The molecular formula is C16H23NO2. The number of aryl methyl sites for hydroxylation is 1. The summed E-state index contributed by atoms with van der Waals surface area (Å²) in [6, 6.07) is 8.53. The Morgan fingerprint density at radius 1 is 1.42 bits per heavy atom. The molecule has 104 valence electrons. The number of benzene rings is 1. The van der Waals surface area contributed by atoms with Gasteiger partial charge in [0.25, 0.3) is 0 Å². The highest BCUT2D eigenvalue weighted by Gasteiger charge is 2.24. The van der Waals surface area contributed by atoms with Crippen molar-refractivity contribution >= 4 is 5.91 Å². The normalized spacial score (nSPS) is 20.2. The molecule has 0 spiro atoms. The maximum absolute atomic E-state index is 12.0. The number of nitrogens with one attached hydrogen (secondary N) is 1. The summed E-state index contributed by atoms with van der Waals surface area (Å²) in [5, 5.41) is 3.03. The summed E-state index contributed by atoms with van der Waals surface area (Å²) in [6.45, 7) is 4.90. The average molecular weight is 261 g/mol. The molecule has 0 bridgehead atoms. The Morgan fingerprint density at radius 3 is 2.74 bits per heavy atom. The standard InChI is InChI=1S/C16H23NO2/c1-3-5-13-7-9-14(10-8-13)12(2)17-16(18)15-6-4-11-19-15/h7-10,12,15H,3-6,11H2,1-2H3,(H,17,18). The largest absolute Gasteiger partial charge is 0.368 e. The third-order valence-electron chi connectivity index (χ3n) is 3.60. The van der Waals surface area contributed by atoms with E-state index in [-0.39, 0.29) is 18.1 Å². The summed E-state index contributed by atoms with van der Waals surface area (Å²) in [5.41, 5.74) is 2.50. The first kappa shape index (κ1) is 14.1. The van der Waals surface area contributed by atoms with E-state index in [0.717, 1.165) is 31.2 Å². The molecule has 1 fully saturated rings. The van der Waals surface area contributed by atoms with Gasteiger partial charge in [0, 0.05) is 6.61 Å². The number of carbonyl (C=O) groups excluding carboxylic acids is 1. The predicted octanol–water partition coefficient (Wildman–Crippen LogP) is 3.00. The topological polar surface area (TPSA) is 38.3 Å². The van der Waals surface area contributed by atoms with Gasteiger partial charge in [-0.05, 0) is 37.3 Å². The highest BCUT2D eigenvalue weighted by molar-refractivity contribution is 5.81. The van der Waals surface area contributed by atoms with Crippen molar-refractivity contribution in [2.75, 3.05) is 6.61 Å². The molecule has 3 nitrogen and oxygen atoms in total. The zero-order valence-corrected chi connectivity index (χ0v) is 11.8. The summed E-state index contributed by atoms with van der Waals surface area (Å²) >= 11 is 0. The minimum absolute atomic E-state index is 0.0163. The van der Waals surface area contributed by atoms with Gasteiger partial charge < -0.3 is 10.1 Å². The molecule has 0 radical (unpaired) electrons. The van der Waals surface area contributed by atoms with Crippen molar-refractivity contribution in [2.24, 2.45) is 0 Å². The number of hydrogen-bond acceptors (Lipinski definition) is 2. The Hall–Kier alpha value is -1.35. The number of amides is 1. The van der Waals surface area contributed by atoms with Gasteiger partial charge in [-0.15, -0.1) is 0 Å². The van der Waals surface area contributed by atoms with Crippen LogP contribution >= 0.6 is 0 Å². The summed E-state index contributed by atoms with van der Waals surface area (Å²) in [4.78, 5) is 12.0. The van der Waals surface area contributed by atoms with Crippen LogP contribution in [0.3, 0.4) is 0 Å². The van der Waals surface area contributed by atoms with Crippen molar-refractivity contribution in [1.82, 2.24) is 5.32 Å². The fourth-order valence-corrected chi connectivity index (χ4v) is 2.44. The quantitative estimate of drug-likeness (QED) is 0.885. The Labute approximate surface area is 115 Å². The van der Waals surface area contributed by atoms with Gasteiger partial charge in [-0.1, -0.05) is 37.6 Å². The Kier molecular flexibility index (Phi) is 4.97. The second-order valence-corrected chi connectivity index (χ2v) is 5.22. The lowest BCUT2D eigenvalue weighted by Gasteiger charge is -2.17. The van der Waals surface area contributed by atoms with Gasteiger partial charge in [0.05, 0.1) is 6.04 Å². The minimum atomic E-state index is -0.248. The monoisotopic (exact) mass is 261 g/mol. The molecule has 1 saturated heterocycles. The summed E-state index contributed by atoms with van der Waals surface area (Å²) in [6.07, 6.45) is 3.84. The van der Waals surface area contributed by atoms with Gasteiger partial charge >= 0.3 is 0 Å². The summed E-state index contributed by atoms with van der Waals surface area (Å²) < 4.78 is 5.39. The lowest BCUT2D eigenvalue weighted by atomic mass is 10.0. The van der Waals surface area contributed by atoms with Crippen molar-refractivity contribution in [2.45, 2.75) is 51.7 Å². The highest BCUT2D eigenvalue weighted by atomic mass is 16.5. The van der Waals surface area contributed by atoms with Crippen LogP contribution in [0.4, 0.5) is 0 Å². The van der Waals surface area contributed by atoms with E-state index in [1.807, 2.05) is 6.92 Å². The zero-order chi connectivity index (χ0) is 13.7. The van der Waals surface area contributed by atoms with Crippen LogP contribution in [0.2, 0.25) is 0 Å². The lowest BCUT2D eigenvalue weighted by molar-refractivity contribution is -0.130. The van der Waals surface area contributed by atoms with Gasteiger partial charge in [-0.3, -0.25) is 4.79 Å². The van der Waals surface area contributed by atoms with E-state index in [4.69, 9.17) is 4.74 Å². The van der Waals surface area contributed by atoms with E-state index >= 15 is 0 Å². The third-order valence-corrected chi connectivity index (χ3v) is 3.60. The van der Waals surface area contributed by atoms with E-state index < -0.39 is 0 Å². The molecule has 0 saturated carbocycles. The molecule has 2 unspecified atom stereocenters. The van der Waals surface area contributed by atoms with Gasteiger partial charge in [-0.2, -0.15) is 0 Å². The van der Waals surface area contributed by atoms with Crippen LogP contribution in [0.25, 0.3) is 0 Å². The van der Waals surface area contributed by atoms with Crippen LogP contribution < -0.4 is 5.32 Å². The van der Waals surface area contributed by atoms with Gasteiger partial charge in [0.2, 0.25) is 5.91 Å². The molecule has 1 aromatic carbocycles. The van der Waals surface area contributed by atoms with Crippen molar-refractivity contribution < 1.29 is 9.53 Å². The average Bonchev–Trinajstić information content (AvgIpc) is 2.94. The maximum atomic E-state index is 12.0. The van der Waals surface area contributed by atoms with Crippen LogP contribution in [0, 0.1) is 0 Å². The van der Waals surface area contributed by atoms with Gasteiger partial charge in [0.1, 0.15) is 6.10 Å². The molecule has 0 aromatic heterocycles. The van der Waals surface area contributed by atoms with E-state index in [2.05, 4.69) is 36.5 Å². The molecule has 1 N–H and O–H groups in total. The van der Waals surface area contributed by atoms with Crippen molar-refractivity contribution in [3.63, 3.8) is 0 Å². The Bertz CT molecular complexity index is 407. The first-order valence-corrected chi connectivity index (χ1v) is 7.21. The second-order valence-electron chi connectivity index (χ2n) is 5.22. The molecule has 2 rings (SSSR count). The van der Waals surface area contributed by atoms with Crippen molar-refractivity contribution in [3.05, 3.63) is 35.4 Å². The predicted molar refractivity (Wildman–Crippen MR) is 76.0 cm³/mol. The van der Waals surface area contributed by atoms with Crippen molar-refractivity contribution in [1.29, 1.82) is 0 Å². The smallest absolute Gasteiger partial charge is 0.249 e. The SMILES string of the molecule is CCCc1ccc(C(C)NC(=O)C2CCCO2)cc1. The second kappa shape index (κ2) is 6.71. The molecule has 0 aliphatic carbocycles. The molecular weight excluding hydrogens is 238 g/mol.